The summed E-state index contributed by atoms with van der Waals surface area (Å²) in [6, 6.07) is 3.64. The second-order valence-corrected chi connectivity index (χ2v) is 9.40. The van der Waals surface area contributed by atoms with Gasteiger partial charge in [0, 0.05) is 18.2 Å². The fraction of sp³-hybridized carbons (Fsp3) is 0.611. The highest BCUT2D eigenvalue weighted by Crippen LogP contribution is 2.19. The Morgan fingerprint density at radius 2 is 1.96 bits per heavy atom. The van der Waals surface area contributed by atoms with E-state index in [1.807, 2.05) is 0 Å². The molecule has 1 aliphatic heterocycles. The Morgan fingerprint density at radius 3 is 2.65 bits per heavy atom. The third-order valence-corrected chi connectivity index (χ3v) is 6.83. The molecule has 1 atom stereocenters. The van der Waals surface area contributed by atoms with E-state index in [-0.39, 0.29) is 29.5 Å². The SMILES string of the molecule is O=S1(=O)CCC(CNC(=NCc2cc(F)ccc2F)NC2CCCC2)C1. The number of benzene rings is 1. The number of sulfone groups is 1. The first-order chi connectivity index (χ1) is 12.4. The minimum absolute atomic E-state index is 0.0224. The van der Waals surface area contributed by atoms with Crippen LogP contribution in [0.3, 0.4) is 0 Å². The van der Waals surface area contributed by atoms with Gasteiger partial charge in [-0.15, -0.1) is 0 Å². The van der Waals surface area contributed by atoms with Crippen LogP contribution in [0.5, 0.6) is 0 Å². The lowest BCUT2D eigenvalue weighted by Gasteiger charge is -2.19. The van der Waals surface area contributed by atoms with Gasteiger partial charge in [-0.05, 0) is 43.4 Å². The first kappa shape index (κ1) is 19.1. The van der Waals surface area contributed by atoms with Crippen LogP contribution in [0.1, 0.15) is 37.7 Å². The molecule has 1 saturated carbocycles. The summed E-state index contributed by atoms with van der Waals surface area (Å²) in [7, 11) is -2.92. The lowest BCUT2D eigenvalue weighted by Crippen LogP contribution is -2.44. The van der Waals surface area contributed by atoms with Crippen LogP contribution in [0.15, 0.2) is 23.2 Å². The molecule has 0 radical (unpaired) electrons. The lowest BCUT2D eigenvalue weighted by molar-refractivity contribution is 0.552. The molecule has 1 heterocycles. The van der Waals surface area contributed by atoms with E-state index >= 15 is 0 Å². The molecule has 2 fully saturated rings. The third-order valence-electron chi connectivity index (χ3n) is 5.00. The minimum atomic E-state index is -2.92. The Balaban J connectivity index is 1.64. The predicted octanol–water partition coefficient (Wildman–Crippen LogP) is 2.38. The molecule has 0 spiro atoms. The first-order valence-electron chi connectivity index (χ1n) is 9.10. The number of hydrogen-bond acceptors (Lipinski definition) is 3. The average molecular weight is 385 g/mol. The van der Waals surface area contributed by atoms with Crippen molar-refractivity contribution >= 4 is 15.8 Å². The molecule has 1 saturated heterocycles. The summed E-state index contributed by atoms with van der Waals surface area (Å²) < 4.78 is 50.3. The maximum atomic E-state index is 13.8. The summed E-state index contributed by atoms with van der Waals surface area (Å²) >= 11 is 0. The second-order valence-electron chi connectivity index (χ2n) is 7.18. The van der Waals surface area contributed by atoms with Crippen molar-refractivity contribution in [2.45, 2.75) is 44.7 Å². The quantitative estimate of drug-likeness (QED) is 0.603. The van der Waals surface area contributed by atoms with Gasteiger partial charge in [0.05, 0.1) is 18.1 Å². The van der Waals surface area contributed by atoms with Gasteiger partial charge in [-0.3, -0.25) is 0 Å². The number of nitrogens with one attached hydrogen (secondary N) is 2. The van der Waals surface area contributed by atoms with Crippen LogP contribution in [0.2, 0.25) is 0 Å². The van der Waals surface area contributed by atoms with Crippen LogP contribution >= 0.6 is 0 Å². The summed E-state index contributed by atoms with van der Waals surface area (Å²) in [5, 5.41) is 6.53. The van der Waals surface area contributed by atoms with E-state index in [1.165, 1.54) is 0 Å². The van der Waals surface area contributed by atoms with Crippen molar-refractivity contribution in [3.8, 4) is 0 Å². The maximum Gasteiger partial charge on any atom is 0.191 e. The van der Waals surface area contributed by atoms with Crippen molar-refractivity contribution < 1.29 is 17.2 Å². The van der Waals surface area contributed by atoms with E-state index in [0.29, 0.717) is 25.0 Å². The van der Waals surface area contributed by atoms with Gasteiger partial charge in [0.2, 0.25) is 0 Å². The lowest BCUT2D eigenvalue weighted by atomic mass is 10.1. The van der Waals surface area contributed by atoms with Gasteiger partial charge in [0.25, 0.3) is 0 Å². The highest BCUT2D eigenvalue weighted by Gasteiger charge is 2.28. The Hall–Kier alpha value is -1.70. The maximum absolute atomic E-state index is 13.8. The Bertz CT molecular complexity index is 762. The van der Waals surface area contributed by atoms with Crippen molar-refractivity contribution in [1.82, 2.24) is 10.6 Å². The molecule has 144 valence electrons. The van der Waals surface area contributed by atoms with Gasteiger partial charge >= 0.3 is 0 Å². The zero-order valence-electron chi connectivity index (χ0n) is 14.7. The van der Waals surface area contributed by atoms with Crippen LogP contribution in [0, 0.1) is 17.6 Å². The third kappa shape index (κ3) is 5.40. The van der Waals surface area contributed by atoms with E-state index < -0.39 is 21.5 Å². The smallest absolute Gasteiger partial charge is 0.191 e. The first-order valence-corrected chi connectivity index (χ1v) is 10.9. The van der Waals surface area contributed by atoms with Crippen LogP contribution in [-0.4, -0.2) is 38.5 Å². The summed E-state index contributed by atoms with van der Waals surface area (Å²) in [4.78, 5) is 4.40. The summed E-state index contributed by atoms with van der Waals surface area (Å²) in [6.07, 6.45) is 5.05. The number of nitrogens with zero attached hydrogens (tertiary/aromatic N) is 1. The molecule has 0 aromatic heterocycles. The fourth-order valence-electron chi connectivity index (χ4n) is 3.52. The van der Waals surface area contributed by atoms with Gasteiger partial charge in [-0.25, -0.2) is 22.2 Å². The molecule has 0 bridgehead atoms. The molecule has 1 aromatic carbocycles. The highest BCUT2D eigenvalue weighted by atomic mass is 32.2. The highest BCUT2D eigenvalue weighted by molar-refractivity contribution is 7.91. The van der Waals surface area contributed by atoms with Gasteiger partial charge in [-0.2, -0.15) is 0 Å². The predicted molar refractivity (Wildman–Crippen MR) is 97.7 cm³/mol. The standard InChI is InChI=1S/C18H25F2N3O2S/c19-15-5-6-17(20)14(9-15)11-22-18(23-16-3-1-2-4-16)21-10-13-7-8-26(24,25)12-13/h5-6,9,13,16H,1-4,7-8,10-12H2,(H2,21,22,23). The van der Waals surface area contributed by atoms with Gasteiger partial charge < -0.3 is 10.6 Å². The second kappa shape index (κ2) is 8.33. The molecular weight excluding hydrogens is 360 g/mol. The molecule has 1 unspecified atom stereocenters. The van der Waals surface area contributed by atoms with Gasteiger partial charge in [0.1, 0.15) is 11.6 Å². The van der Waals surface area contributed by atoms with Crippen molar-refractivity contribution in [3.63, 3.8) is 0 Å². The largest absolute Gasteiger partial charge is 0.356 e. The number of guanidine groups is 1. The Labute approximate surface area is 153 Å². The number of rotatable bonds is 5. The molecule has 5 nitrogen and oxygen atoms in total. The molecule has 26 heavy (non-hydrogen) atoms. The van der Waals surface area contributed by atoms with Crippen molar-refractivity contribution in [2.24, 2.45) is 10.9 Å². The fourth-order valence-corrected chi connectivity index (χ4v) is 5.38. The zero-order chi connectivity index (χ0) is 18.6. The van der Waals surface area contributed by atoms with Crippen LogP contribution in [0.25, 0.3) is 0 Å². The van der Waals surface area contributed by atoms with Crippen LogP contribution < -0.4 is 10.6 Å². The zero-order valence-corrected chi connectivity index (χ0v) is 15.5. The Morgan fingerprint density at radius 1 is 1.19 bits per heavy atom. The van der Waals surface area contributed by atoms with E-state index in [4.69, 9.17) is 0 Å². The van der Waals surface area contributed by atoms with Crippen molar-refractivity contribution in [2.75, 3.05) is 18.1 Å². The number of aliphatic imine (C=N–C) groups is 1. The molecule has 8 heteroatoms. The number of halogens is 2. The molecule has 3 rings (SSSR count). The van der Waals surface area contributed by atoms with E-state index in [1.54, 1.807) is 0 Å². The summed E-state index contributed by atoms with van der Waals surface area (Å²) in [5.41, 5.74) is 0.195. The van der Waals surface area contributed by atoms with Crippen LogP contribution in [0.4, 0.5) is 8.78 Å². The molecule has 2 aliphatic rings. The molecule has 1 aliphatic carbocycles. The Kier molecular flexibility index (Phi) is 6.11. The topological polar surface area (TPSA) is 70.6 Å². The molecule has 1 aromatic rings. The van der Waals surface area contributed by atoms with Crippen LogP contribution in [-0.2, 0) is 16.4 Å². The monoisotopic (exact) mass is 385 g/mol. The van der Waals surface area contributed by atoms with Crippen molar-refractivity contribution in [3.05, 3.63) is 35.4 Å². The molecule has 0 amide bonds. The summed E-state index contributed by atoms with van der Waals surface area (Å²) in [5.74, 6) is 0.0284. The van der Waals surface area contributed by atoms with Gasteiger partial charge in [-0.1, -0.05) is 12.8 Å². The van der Waals surface area contributed by atoms with E-state index in [0.717, 1.165) is 43.9 Å². The van der Waals surface area contributed by atoms with Crippen molar-refractivity contribution in [1.29, 1.82) is 0 Å². The molecule has 2 N–H and O–H groups in total. The van der Waals surface area contributed by atoms with E-state index in [9.17, 15) is 17.2 Å². The normalized spacial score (nSPS) is 23.3. The minimum Gasteiger partial charge on any atom is -0.356 e. The molecular formula is C18H25F2N3O2S. The van der Waals surface area contributed by atoms with E-state index in [2.05, 4.69) is 15.6 Å². The van der Waals surface area contributed by atoms with Gasteiger partial charge in [0.15, 0.2) is 15.8 Å². The average Bonchev–Trinajstić information content (AvgIpc) is 3.22. The summed E-state index contributed by atoms with van der Waals surface area (Å²) in [6.45, 7) is 0.526. The number of hydrogen-bond donors (Lipinski definition) is 2.